The van der Waals surface area contributed by atoms with Crippen molar-refractivity contribution < 1.29 is 19.0 Å². The van der Waals surface area contributed by atoms with Crippen molar-refractivity contribution in [2.24, 2.45) is 5.92 Å². The van der Waals surface area contributed by atoms with Crippen LogP contribution < -0.4 is 5.32 Å². The lowest BCUT2D eigenvalue weighted by atomic mass is 10.0. The Morgan fingerprint density at radius 3 is 2.60 bits per heavy atom. The van der Waals surface area contributed by atoms with Crippen LogP contribution in [-0.4, -0.2) is 50.1 Å². The van der Waals surface area contributed by atoms with Crippen molar-refractivity contribution in [1.82, 2.24) is 5.32 Å². The molecule has 5 heteroatoms. The molecular weight excluding hydrogens is 258 g/mol. The first-order valence-electron chi connectivity index (χ1n) is 7.77. The molecule has 0 aliphatic carbocycles. The summed E-state index contributed by atoms with van der Waals surface area (Å²) in [6.07, 6.45) is 2.92. The number of carbonyl (C=O) groups is 1. The van der Waals surface area contributed by atoms with Crippen LogP contribution >= 0.6 is 0 Å². The van der Waals surface area contributed by atoms with Crippen LogP contribution in [-0.2, 0) is 19.0 Å². The van der Waals surface area contributed by atoms with Crippen LogP contribution in [0.15, 0.2) is 0 Å². The van der Waals surface area contributed by atoms with Crippen LogP contribution in [0.25, 0.3) is 0 Å². The molecule has 116 valence electrons. The molecule has 4 unspecified atom stereocenters. The molecule has 0 saturated carbocycles. The zero-order valence-electron chi connectivity index (χ0n) is 12.8. The molecule has 1 N–H and O–H groups in total. The second-order valence-electron chi connectivity index (χ2n) is 5.99. The van der Waals surface area contributed by atoms with E-state index in [0.717, 1.165) is 25.8 Å². The number of hydrogen-bond acceptors (Lipinski definition) is 5. The molecule has 0 aromatic heterocycles. The van der Waals surface area contributed by atoms with Crippen molar-refractivity contribution in [2.45, 2.75) is 64.4 Å². The van der Waals surface area contributed by atoms with Crippen molar-refractivity contribution in [3.05, 3.63) is 0 Å². The fourth-order valence-electron chi connectivity index (χ4n) is 3.01. The van der Waals surface area contributed by atoms with Gasteiger partial charge in [0.25, 0.3) is 0 Å². The van der Waals surface area contributed by atoms with Gasteiger partial charge >= 0.3 is 5.97 Å². The summed E-state index contributed by atoms with van der Waals surface area (Å²) in [7, 11) is 0. The fourth-order valence-corrected chi connectivity index (χ4v) is 3.01. The molecule has 2 heterocycles. The summed E-state index contributed by atoms with van der Waals surface area (Å²) in [5, 5.41) is 3.37. The molecule has 0 bridgehead atoms. The summed E-state index contributed by atoms with van der Waals surface area (Å²) in [5.41, 5.74) is 0. The Morgan fingerprint density at radius 2 is 1.95 bits per heavy atom. The topological polar surface area (TPSA) is 56.8 Å². The second-order valence-corrected chi connectivity index (χ2v) is 5.99. The van der Waals surface area contributed by atoms with Gasteiger partial charge in [-0.15, -0.1) is 0 Å². The lowest BCUT2D eigenvalue weighted by Crippen LogP contribution is -2.43. The van der Waals surface area contributed by atoms with Gasteiger partial charge in [0.05, 0.1) is 31.3 Å². The van der Waals surface area contributed by atoms with Gasteiger partial charge in [0.15, 0.2) is 0 Å². The second kappa shape index (κ2) is 7.38. The van der Waals surface area contributed by atoms with Gasteiger partial charge in [-0.1, -0.05) is 6.92 Å². The van der Waals surface area contributed by atoms with Crippen LogP contribution in [0.5, 0.6) is 0 Å². The Balaban J connectivity index is 1.84. The summed E-state index contributed by atoms with van der Waals surface area (Å²) < 4.78 is 16.8. The predicted molar refractivity (Wildman–Crippen MR) is 75.5 cm³/mol. The number of esters is 1. The fraction of sp³-hybridized carbons (Fsp3) is 0.933. The minimum Gasteiger partial charge on any atom is -0.462 e. The summed E-state index contributed by atoms with van der Waals surface area (Å²) in [6.45, 7) is 8.14. The van der Waals surface area contributed by atoms with Gasteiger partial charge in [-0.3, -0.25) is 4.79 Å². The molecule has 5 nitrogen and oxygen atoms in total. The van der Waals surface area contributed by atoms with E-state index >= 15 is 0 Å². The average Bonchev–Trinajstić information content (AvgIpc) is 2.83. The van der Waals surface area contributed by atoms with Crippen molar-refractivity contribution in [1.29, 1.82) is 0 Å². The third-order valence-electron chi connectivity index (χ3n) is 3.98. The van der Waals surface area contributed by atoms with Crippen molar-refractivity contribution in [3.8, 4) is 0 Å². The van der Waals surface area contributed by atoms with E-state index in [1.165, 1.54) is 0 Å². The van der Waals surface area contributed by atoms with Crippen molar-refractivity contribution >= 4 is 5.97 Å². The maximum Gasteiger partial charge on any atom is 0.313 e. The quantitative estimate of drug-likeness (QED) is 0.776. The Morgan fingerprint density at radius 1 is 1.25 bits per heavy atom. The van der Waals surface area contributed by atoms with E-state index in [-0.39, 0.29) is 36.2 Å². The van der Waals surface area contributed by atoms with E-state index in [2.05, 4.69) is 12.2 Å². The summed E-state index contributed by atoms with van der Waals surface area (Å²) in [6, 6.07) is 0.0946. The molecule has 20 heavy (non-hydrogen) atoms. The van der Waals surface area contributed by atoms with E-state index in [9.17, 15) is 4.79 Å². The first kappa shape index (κ1) is 15.7. The molecule has 2 aliphatic rings. The number of nitrogens with one attached hydrogen (secondary N) is 1. The van der Waals surface area contributed by atoms with Crippen LogP contribution in [0.1, 0.15) is 40.0 Å². The Bertz CT molecular complexity index is 313. The van der Waals surface area contributed by atoms with Gasteiger partial charge in [0, 0.05) is 18.9 Å². The molecule has 2 rings (SSSR count). The minimum atomic E-state index is -0.171. The number of rotatable bonds is 5. The van der Waals surface area contributed by atoms with Gasteiger partial charge in [-0.25, -0.2) is 0 Å². The van der Waals surface area contributed by atoms with Crippen LogP contribution in [0, 0.1) is 5.92 Å². The summed E-state index contributed by atoms with van der Waals surface area (Å²) in [5.74, 6) is -0.294. The Kier molecular flexibility index (Phi) is 5.81. The van der Waals surface area contributed by atoms with E-state index in [1.807, 2.05) is 13.8 Å². The third kappa shape index (κ3) is 4.17. The molecule has 2 fully saturated rings. The maximum absolute atomic E-state index is 12.3. The van der Waals surface area contributed by atoms with E-state index in [4.69, 9.17) is 14.2 Å². The van der Waals surface area contributed by atoms with Gasteiger partial charge in [0.2, 0.25) is 0 Å². The summed E-state index contributed by atoms with van der Waals surface area (Å²) >= 11 is 0. The number of hydrogen-bond donors (Lipinski definition) is 1. The average molecular weight is 285 g/mol. The molecule has 0 spiro atoms. The largest absolute Gasteiger partial charge is 0.462 e. The monoisotopic (exact) mass is 285 g/mol. The predicted octanol–water partition coefficient (Wildman–Crippen LogP) is 1.50. The smallest absolute Gasteiger partial charge is 0.313 e. The van der Waals surface area contributed by atoms with Gasteiger partial charge in [-0.05, 0) is 26.8 Å². The zero-order chi connectivity index (χ0) is 14.5. The Labute approximate surface area is 121 Å². The highest BCUT2D eigenvalue weighted by atomic mass is 16.6. The van der Waals surface area contributed by atoms with E-state index in [1.54, 1.807) is 0 Å². The van der Waals surface area contributed by atoms with Gasteiger partial charge in [-0.2, -0.15) is 0 Å². The van der Waals surface area contributed by atoms with E-state index < -0.39 is 0 Å². The standard InChI is InChI=1S/C15H27NO4/c1-4-5-16-14-9-18-8-13(14)15(17)20-12-6-10(2)19-11(3)7-12/h10-14,16H,4-9H2,1-3H3. The molecule has 0 aromatic carbocycles. The van der Waals surface area contributed by atoms with Crippen LogP contribution in [0.2, 0.25) is 0 Å². The van der Waals surface area contributed by atoms with E-state index in [0.29, 0.717) is 13.2 Å². The molecular formula is C15H27NO4. The normalized spacial score (nSPS) is 37.9. The van der Waals surface area contributed by atoms with Gasteiger partial charge in [0.1, 0.15) is 6.10 Å². The summed E-state index contributed by atoms with van der Waals surface area (Å²) in [4.78, 5) is 12.3. The van der Waals surface area contributed by atoms with Gasteiger partial charge < -0.3 is 19.5 Å². The molecule has 0 amide bonds. The molecule has 0 aromatic rings. The van der Waals surface area contributed by atoms with Crippen LogP contribution in [0.3, 0.4) is 0 Å². The zero-order valence-corrected chi connectivity index (χ0v) is 12.8. The molecule has 2 aliphatic heterocycles. The van der Waals surface area contributed by atoms with Crippen LogP contribution in [0.4, 0.5) is 0 Å². The lowest BCUT2D eigenvalue weighted by molar-refractivity contribution is -0.164. The highest BCUT2D eigenvalue weighted by molar-refractivity contribution is 5.74. The van der Waals surface area contributed by atoms with Crippen molar-refractivity contribution in [3.63, 3.8) is 0 Å². The Hall–Kier alpha value is -0.650. The first-order chi connectivity index (χ1) is 9.60. The molecule has 2 saturated heterocycles. The third-order valence-corrected chi connectivity index (χ3v) is 3.98. The van der Waals surface area contributed by atoms with Crippen molar-refractivity contribution in [2.75, 3.05) is 19.8 Å². The molecule has 0 radical (unpaired) electrons. The highest BCUT2D eigenvalue weighted by Crippen LogP contribution is 2.24. The first-order valence-corrected chi connectivity index (χ1v) is 7.77. The lowest BCUT2D eigenvalue weighted by Gasteiger charge is -2.32. The highest BCUT2D eigenvalue weighted by Gasteiger charge is 2.37. The SMILES string of the molecule is CCCNC1COCC1C(=O)OC1CC(C)OC(C)C1. The molecule has 4 atom stereocenters. The number of carbonyl (C=O) groups excluding carboxylic acids is 1. The minimum absolute atomic E-state index is 0.0197. The number of ether oxygens (including phenoxy) is 3. The maximum atomic E-state index is 12.3.